The Morgan fingerprint density at radius 2 is 1.83 bits per heavy atom. The van der Waals surface area contributed by atoms with E-state index in [0.717, 1.165) is 0 Å². The lowest BCUT2D eigenvalue weighted by Crippen LogP contribution is -2.46. The second-order valence-electron chi connectivity index (χ2n) is 11.1. The zero-order chi connectivity index (χ0) is 26.3. The van der Waals surface area contributed by atoms with E-state index in [2.05, 4.69) is 48.8 Å². The largest absolute Gasteiger partial charge is 0.410 e. The van der Waals surface area contributed by atoms with Crippen LogP contribution in [-0.4, -0.2) is 58.1 Å². The Bertz CT molecular complexity index is 1080. The molecular formula is C22H39ClN5O5PSi. The highest BCUT2D eigenvalue weighted by molar-refractivity contribution is 7.54. The Kier molecular flexibility index (Phi) is 8.43. The fourth-order valence-corrected chi connectivity index (χ4v) is 7.82. The predicted molar refractivity (Wildman–Crippen MR) is 140 cm³/mol. The minimum Gasteiger partial charge on any atom is -0.410 e. The van der Waals surface area contributed by atoms with Gasteiger partial charge in [-0.2, -0.15) is 9.97 Å². The molecule has 198 valence electrons. The van der Waals surface area contributed by atoms with Crippen molar-refractivity contribution in [1.82, 2.24) is 19.5 Å². The predicted octanol–water partition coefficient (Wildman–Crippen LogP) is 5.61. The molecule has 3 rings (SSSR count). The molecule has 0 aromatic carbocycles. The van der Waals surface area contributed by atoms with Crippen molar-refractivity contribution in [3.63, 3.8) is 0 Å². The zero-order valence-electron chi connectivity index (χ0n) is 22.1. The molecule has 35 heavy (non-hydrogen) atoms. The van der Waals surface area contributed by atoms with Gasteiger partial charge in [0.2, 0.25) is 5.95 Å². The fourth-order valence-electron chi connectivity index (χ4n) is 3.78. The summed E-state index contributed by atoms with van der Waals surface area (Å²) in [4.78, 5) is 12.6. The molecule has 1 unspecified atom stereocenters. The van der Waals surface area contributed by atoms with E-state index in [1.165, 1.54) is 0 Å². The van der Waals surface area contributed by atoms with Crippen LogP contribution in [0.4, 0.5) is 5.95 Å². The van der Waals surface area contributed by atoms with Crippen LogP contribution in [0.15, 0.2) is 6.33 Å². The van der Waals surface area contributed by atoms with Crippen LogP contribution in [0.3, 0.4) is 0 Å². The number of fused-ring (bicyclic) bond motifs is 1. The molecule has 1 fully saturated rings. The Morgan fingerprint density at radius 3 is 2.37 bits per heavy atom. The van der Waals surface area contributed by atoms with E-state index in [1.54, 1.807) is 6.33 Å². The summed E-state index contributed by atoms with van der Waals surface area (Å²) in [7, 11) is -5.91. The molecule has 2 aromatic rings. The molecule has 1 aliphatic heterocycles. The van der Waals surface area contributed by atoms with Crippen LogP contribution in [0, 0.1) is 0 Å². The lowest BCUT2D eigenvalue weighted by Gasteiger charge is -2.40. The van der Waals surface area contributed by atoms with Gasteiger partial charge in [-0.15, -0.1) is 0 Å². The maximum atomic E-state index is 14.1. The van der Waals surface area contributed by atoms with Gasteiger partial charge in [-0.3, -0.25) is 4.57 Å². The van der Waals surface area contributed by atoms with E-state index in [9.17, 15) is 4.57 Å². The van der Waals surface area contributed by atoms with E-state index in [0.29, 0.717) is 24.1 Å². The van der Waals surface area contributed by atoms with Crippen LogP contribution in [0.2, 0.25) is 23.3 Å². The molecule has 10 nitrogen and oxygen atoms in total. The van der Waals surface area contributed by atoms with E-state index < -0.39 is 27.9 Å². The van der Waals surface area contributed by atoms with Crippen LogP contribution in [0.1, 0.15) is 54.9 Å². The molecule has 3 heterocycles. The van der Waals surface area contributed by atoms with Crippen molar-refractivity contribution < 1.29 is 22.8 Å². The quantitative estimate of drug-likeness (QED) is 0.242. The number of anilines is 1. The molecule has 1 saturated heterocycles. The van der Waals surface area contributed by atoms with Gasteiger partial charge >= 0.3 is 7.60 Å². The van der Waals surface area contributed by atoms with Crippen molar-refractivity contribution >= 4 is 44.6 Å². The van der Waals surface area contributed by atoms with Crippen LogP contribution in [0.5, 0.6) is 0 Å². The zero-order valence-corrected chi connectivity index (χ0v) is 24.8. The normalized spacial score (nSPS) is 22.1. The van der Waals surface area contributed by atoms with Crippen molar-refractivity contribution in [2.24, 2.45) is 0 Å². The van der Waals surface area contributed by atoms with Crippen LogP contribution in [0.25, 0.3) is 11.2 Å². The summed E-state index contributed by atoms with van der Waals surface area (Å²) in [5.41, 5.74) is 6.77. The first-order chi connectivity index (χ1) is 16.0. The van der Waals surface area contributed by atoms with Gasteiger partial charge in [-0.05, 0) is 45.8 Å². The summed E-state index contributed by atoms with van der Waals surface area (Å²) in [5, 5.41) is 0.152. The number of imidazole rings is 1. The summed E-state index contributed by atoms with van der Waals surface area (Å²) in [6.07, 6.45) is 0.715. The van der Waals surface area contributed by atoms with Crippen molar-refractivity contribution in [1.29, 1.82) is 0 Å². The van der Waals surface area contributed by atoms with Crippen molar-refractivity contribution in [3.05, 3.63) is 11.5 Å². The standard InChI is InChI=1S/C22H39ClN5O5PSi/c1-13(2)31-34(29,32-14(3)4)20-16(33-35(8,9)22(5,6)7)10-15(30-20)11-28-12-25-17-18(23)26-21(24)27-19(17)28/h12-16,20H,10-11H2,1-9H3,(H2,24,26,27)/t15-,16+,20?/m0/s1. The van der Waals surface area contributed by atoms with Gasteiger partial charge < -0.3 is 28.5 Å². The number of aromatic nitrogens is 4. The monoisotopic (exact) mass is 547 g/mol. The molecule has 3 atom stereocenters. The molecule has 0 radical (unpaired) electrons. The van der Waals surface area contributed by atoms with Crippen LogP contribution < -0.4 is 5.73 Å². The molecule has 0 aliphatic carbocycles. The summed E-state index contributed by atoms with van der Waals surface area (Å²) < 4.78 is 40.9. The van der Waals surface area contributed by atoms with Crippen LogP contribution >= 0.6 is 19.2 Å². The van der Waals surface area contributed by atoms with Gasteiger partial charge in [-0.1, -0.05) is 32.4 Å². The minimum atomic E-state index is -3.68. The van der Waals surface area contributed by atoms with E-state index in [1.807, 2.05) is 32.3 Å². The number of nitrogens with two attached hydrogens (primary N) is 1. The molecule has 1 aliphatic rings. The Labute approximate surface area is 213 Å². The summed E-state index contributed by atoms with van der Waals surface area (Å²) >= 11 is 6.19. The summed E-state index contributed by atoms with van der Waals surface area (Å²) in [5.74, 6) is -0.793. The highest BCUT2D eigenvalue weighted by Gasteiger charge is 2.53. The van der Waals surface area contributed by atoms with E-state index in [-0.39, 0.29) is 34.5 Å². The topological polar surface area (TPSA) is 124 Å². The van der Waals surface area contributed by atoms with E-state index >= 15 is 0 Å². The van der Waals surface area contributed by atoms with Gasteiger partial charge in [0, 0.05) is 6.42 Å². The second kappa shape index (κ2) is 10.4. The number of hydrogen-bond acceptors (Lipinski definition) is 9. The Hall–Kier alpha value is -1.07. The van der Waals surface area contributed by atoms with Gasteiger partial charge in [0.05, 0.1) is 37.3 Å². The summed E-state index contributed by atoms with van der Waals surface area (Å²) in [6.45, 7) is 18.6. The highest BCUT2D eigenvalue weighted by atomic mass is 35.5. The lowest BCUT2D eigenvalue weighted by molar-refractivity contribution is 0.0193. The fraction of sp³-hybridized carbons (Fsp3) is 0.773. The summed E-state index contributed by atoms with van der Waals surface area (Å²) in [6, 6.07) is 0. The lowest BCUT2D eigenvalue weighted by atomic mass is 10.2. The maximum absolute atomic E-state index is 14.1. The van der Waals surface area contributed by atoms with Crippen molar-refractivity contribution in [2.45, 2.75) is 110 Å². The van der Waals surface area contributed by atoms with Gasteiger partial charge in [0.15, 0.2) is 25.0 Å². The van der Waals surface area contributed by atoms with Crippen molar-refractivity contribution in [2.75, 3.05) is 5.73 Å². The molecule has 0 spiro atoms. The first-order valence-corrected chi connectivity index (χ1v) is 16.9. The average Bonchev–Trinajstić information content (AvgIpc) is 3.24. The number of nitrogen functional groups attached to an aromatic ring is 1. The third-order valence-corrected chi connectivity index (χ3v) is 13.5. The van der Waals surface area contributed by atoms with Crippen LogP contribution in [-0.2, 0) is 29.3 Å². The third kappa shape index (κ3) is 6.44. The van der Waals surface area contributed by atoms with Gasteiger partial charge in [-0.25, -0.2) is 4.98 Å². The Morgan fingerprint density at radius 1 is 1.23 bits per heavy atom. The van der Waals surface area contributed by atoms with Gasteiger partial charge in [0.1, 0.15) is 5.52 Å². The molecular weight excluding hydrogens is 509 g/mol. The molecule has 0 bridgehead atoms. The molecule has 13 heteroatoms. The first kappa shape index (κ1) is 28.5. The van der Waals surface area contributed by atoms with Crippen molar-refractivity contribution in [3.8, 4) is 0 Å². The second-order valence-corrected chi connectivity index (χ2v) is 18.2. The average molecular weight is 548 g/mol. The number of halogens is 1. The number of hydrogen-bond donors (Lipinski definition) is 1. The smallest absolute Gasteiger partial charge is 0.362 e. The van der Waals surface area contributed by atoms with Gasteiger partial charge in [0.25, 0.3) is 0 Å². The number of ether oxygens (including phenoxy) is 1. The molecule has 2 N–H and O–H groups in total. The Balaban J connectivity index is 1.95. The first-order valence-electron chi connectivity index (χ1n) is 12.0. The van der Waals surface area contributed by atoms with E-state index in [4.69, 9.17) is 35.5 Å². The highest BCUT2D eigenvalue weighted by Crippen LogP contribution is 2.60. The third-order valence-electron chi connectivity index (χ3n) is 6.26. The molecule has 0 saturated carbocycles. The number of rotatable bonds is 9. The number of nitrogens with zero attached hydrogens (tertiary/aromatic N) is 4. The molecule has 2 aromatic heterocycles. The minimum absolute atomic E-state index is 0.0385. The SMILES string of the molecule is CC(C)OP(=O)(OC(C)C)C1O[C@H](Cn2cnc3c(Cl)nc(N)nc32)C[C@H]1O[Si](C)(C)C(C)(C)C. The maximum Gasteiger partial charge on any atom is 0.362 e. The molecule has 0 amide bonds.